The smallest absolute Gasteiger partial charge is 0.0336 e. The molecule has 0 fully saturated rings. The molecule has 0 bridgehead atoms. The molecule has 0 saturated carbocycles. The SMILES string of the molecule is C=C(C)CC(C)(C)NC(C)(C)C(=C)C. The van der Waals surface area contributed by atoms with Gasteiger partial charge < -0.3 is 5.32 Å². The summed E-state index contributed by atoms with van der Waals surface area (Å²) in [7, 11) is 0. The minimum absolute atomic E-state index is 0.0149. The Kier molecular flexibility index (Phi) is 4.14. The van der Waals surface area contributed by atoms with Gasteiger partial charge >= 0.3 is 0 Å². The molecule has 1 heteroatoms. The largest absolute Gasteiger partial charge is 0.303 e. The van der Waals surface area contributed by atoms with E-state index in [0.29, 0.717) is 0 Å². The molecule has 1 nitrogen and oxygen atoms in total. The quantitative estimate of drug-likeness (QED) is 0.660. The van der Waals surface area contributed by atoms with Crippen molar-refractivity contribution in [2.75, 3.05) is 0 Å². The Balaban J connectivity index is 4.49. The van der Waals surface area contributed by atoms with Crippen LogP contribution < -0.4 is 5.32 Å². The van der Waals surface area contributed by atoms with Crippen molar-refractivity contribution in [3.8, 4) is 0 Å². The molecular weight excluding hydrogens is 170 g/mol. The molecular formula is C13H25N. The predicted molar refractivity (Wildman–Crippen MR) is 65.5 cm³/mol. The second-order valence-corrected chi connectivity index (χ2v) is 5.55. The highest BCUT2D eigenvalue weighted by atomic mass is 15.0. The van der Waals surface area contributed by atoms with E-state index in [2.05, 4.69) is 60.0 Å². The van der Waals surface area contributed by atoms with Gasteiger partial charge in [-0.25, -0.2) is 0 Å². The van der Waals surface area contributed by atoms with E-state index >= 15 is 0 Å². The molecule has 0 aliphatic heterocycles. The van der Waals surface area contributed by atoms with Crippen LogP contribution in [0.15, 0.2) is 24.3 Å². The fourth-order valence-electron chi connectivity index (χ4n) is 1.75. The zero-order valence-corrected chi connectivity index (χ0v) is 10.6. The maximum absolute atomic E-state index is 4.01. The van der Waals surface area contributed by atoms with Gasteiger partial charge in [-0.1, -0.05) is 17.7 Å². The number of nitrogens with one attached hydrogen (secondary N) is 1. The summed E-state index contributed by atoms with van der Waals surface area (Å²) < 4.78 is 0. The molecule has 0 aromatic heterocycles. The standard InChI is InChI=1S/C13H25N/c1-10(2)9-12(5,6)14-13(7,8)11(3)4/h14H,1,3,9H2,2,4-8H3. The van der Waals surface area contributed by atoms with E-state index in [1.54, 1.807) is 0 Å². The Morgan fingerprint density at radius 1 is 1.07 bits per heavy atom. The highest BCUT2D eigenvalue weighted by Crippen LogP contribution is 2.22. The molecule has 0 aromatic rings. The molecule has 0 aliphatic carbocycles. The van der Waals surface area contributed by atoms with Crippen LogP contribution in [0.4, 0.5) is 0 Å². The molecule has 0 atom stereocenters. The Bertz CT molecular complexity index is 234. The van der Waals surface area contributed by atoms with Crippen molar-refractivity contribution in [1.29, 1.82) is 0 Å². The number of hydrogen-bond acceptors (Lipinski definition) is 1. The van der Waals surface area contributed by atoms with E-state index in [1.807, 2.05) is 0 Å². The Labute approximate surface area is 89.3 Å². The molecule has 0 radical (unpaired) electrons. The van der Waals surface area contributed by atoms with Crippen LogP contribution in [0.25, 0.3) is 0 Å². The zero-order valence-electron chi connectivity index (χ0n) is 10.6. The third-order valence-electron chi connectivity index (χ3n) is 2.46. The summed E-state index contributed by atoms with van der Waals surface area (Å²) in [5.74, 6) is 0. The first-order valence-electron chi connectivity index (χ1n) is 5.16. The van der Waals surface area contributed by atoms with Gasteiger partial charge in [0, 0.05) is 11.1 Å². The number of rotatable bonds is 5. The van der Waals surface area contributed by atoms with Gasteiger partial charge in [-0.2, -0.15) is 0 Å². The summed E-state index contributed by atoms with van der Waals surface area (Å²) in [6.45, 7) is 20.8. The average molecular weight is 195 g/mol. The molecule has 0 unspecified atom stereocenters. The lowest BCUT2D eigenvalue weighted by molar-refractivity contribution is 0.294. The Hall–Kier alpha value is -0.560. The van der Waals surface area contributed by atoms with Gasteiger partial charge in [0.15, 0.2) is 0 Å². The summed E-state index contributed by atoms with van der Waals surface area (Å²) in [5.41, 5.74) is 2.43. The van der Waals surface area contributed by atoms with Crippen LogP contribution in [0.3, 0.4) is 0 Å². The third kappa shape index (κ3) is 4.61. The van der Waals surface area contributed by atoms with Crippen molar-refractivity contribution >= 4 is 0 Å². The van der Waals surface area contributed by atoms with Crippen molar-refractivity contribution in [2.24, 2.45) is 0 Å². The van der Waals surface area contributed by atoms with Crippen LogP contribution in [0.5, 0.6) is 0 Å². The van der Waals surface area contributed by atoms with Crippen molar-refractivity contribution in [2.45, 2.75) is 59.0 Å². The highest BCUT2D eigenvalue weighted by molar-refractivity contribution is 5.13. The van der Waals surface area contributed by atoms with Crippen molar-refractivity contribution in [1.82, 2.24) is 5.32 Å². The second-order valence-electron chi connectivity index (χ2n) is 5.55. The molecule has 0 aromatic carbocycles. The van der Waals surface area contributed by atoms with E-state index in [0.717, 1.165) is 12.0 Å². The van der Waals surface area contributed by atoms with Gasteiger partial charge in [0.1, 0.15) is 0 Å². The van der Waals surface area contributed by atoms with E-state index in [4.69, 9.17) is 0 Å². The van der Waals surface area contributed by atoms with Gasteiger partial charge in [0.05, 0.1) is 0 Å². The van der Waals surface area contributed by atoms with E-state index in [-0.39, 0.29) is 11.1 Å². The third-order valence-corrected chi connectivity index (χ3v) is 2.46. The van der Waals surface area contributed by atoms with Crippen LogP contribution in [-0.4, -0.2) is 11.1 Å². The van der Waals surface area contributed by atoms with Crippen molar-refractivity contribution in [3.05, 3.63) is 24.3 Å². The summed E-state index contributed by atoms with van der Waals surface area (Å²) in [6.07, 6.45) is 0.990. The maximum Gasteiger partial charge on any atom is 0.0336 e. The fourth-order valence-corrected chi connectivity index (χ4v) is 1.75. The van der Waals surface area contributed by atoms with E-state index < -0.39 is 0 Å². The fraction of sp³-hybridized carbons (Fsp3) is 0.692. The van der Waals surface area contributed by atoms with Gasteiger partial charge in [0.25, 0.3) is 0 Å². The van der Waals surface area contributed by atoms with Crippen LogP contribution in [-0.2, 0) is 0 Å². The molecule has 1 N–H and O–H groups in total. The van der Waals surface area contributed by atoms with Gasteiger partial charge in [0.2, 0.25) is 0 Å². The summed E-state index contributed by atoms with van der Waals surface area (Å²) in [6, 6.07) is 0. The minimum atomic E-state index is -0.0149. The lowest BCUT2D eigenvalue weighted by atomic mass is 9.88. The molecule has 82 valence electrons. The van der Waals surface area contributed by atoms with Gasteiger partial charge in [-0.05, 0) is 48.0 Å². The molecule has 0 aliphatic rings. The zero-order chi connectivity index (χ0) is 11.6. The first kappa shape index (κ1) is 13.4. The van der Waals surface area contributed by atoms with Crippen LogP contribution in [0.2, 0.25) is 0 Å². The lowest BCUT2D eigenvalue weighted by Gasteiger charge is -2.38. The molecule has 0 heterocycles. The predicted octanol–water partition coefficient (Wildman–Crippen LogP) is 3.68. The molecule has 14 heavy (non-hydrogen) atoms. The van der Waals surface area contributed by atoms with Crippen molar-refractivity contribution in [3.63, 3.8) is 0 Å². The van der Waals surface area contributed by atoms with Crippen LogP contribution >= 0.6 is 0 Å². The maximum atomic E-state index is 4.01. The summed E-state index contributed by atoms with van der Waals surface area (Å²) in [5, 5.41) is 3.60. The summed E-state index contributed by atoms with van der Waals surface area (Å²) in [4.78, 5) is 0. The molecule has 0 amide bonds. The van der Waals surface area contributed by atoms with Gasteiger partial charge in [-0.15, -0.1) is 6.58 Å². The first-order chi connectivity index (χ1) is 6.07. The topological polar surface area (TPSA) is 12.0 Å². The monoisotopic (exact) mass is 195 g/mol. The lowest BCUT2D eigenvalue weighted by Crippen LogP contribution is -2.52. The first-order valence-corrected chi connectivity index (χ1v) is 5.16. The van der Waals surface area contributed by atoms with E-state index in [1.165, 1.54) is 5.57 Å². The molecule has 0 spiro atoms. The molecule has 0 rings (SSSR count). The van der Waals surface area contributed by atoms with Crippen LogP contribution in [0.1, 0.15) is 48.0 Å². The highest BCUT2D eigenvalue weighted by Gasteiger charge is 2.27. The minimum Gasteiger partial charge on any atom is -0.303 e. The van der Waals surface area contributed by atoms with E-state index in [9.17, 15) is 0 Å². The summed E-state index contributed by atoms with van der Waals surface area (Å²) >= 11 is 0. The van der Waals surface area contributed by atoms with Gasteiger partial charge in [-0.3, -0.25) is 0 Å². The molecule has 0 saturated heterocycles. The number of hydrogen-bond donors (Lipinski definition) is 1. The second kappa shape index (κ2) is 4.31. The Morgan fingerprint density at radius 2 is 1.50 bits per heavy atom. The average Bonchev–Trinajstić information content (AvgIpc) is 1.79. The van der Waals surface area contributed by atoms with Crippen molar-refractivity contribution < 1.29 is 0 Å². The Morgan fingerprint density at radius 3 is 1.79 bits per heavy atom. The van der Waals surface area contributed by atoms with Crippen LogP contribution in [0, 0.1) is 0 Å². The normalized spacial score (nSPS) is 12.7.